The molecule has 1 aromatic rings. The van der Waals surface area contributed by atoms with Gasteiger partial charge in [0.2, 0.25) is 0 Å². The van der Waals surface area contributed by atoms with Gasteiger partial charge in [0, 0.05) is 6.54 Å². The van der Waals surface area contributed by atoms with E-state index in [2.05, 4.69) is 30.4 Å². The first-order valence-corrected chi connectivity index (χ1v) is 7.60. The second-order valence-corrected chi connectivity index (χ2v) is 6.37. The molecule has 0 aromatic heterocycles. The highest BCUT2D eigenvalue weighted by Gasteiger charge is 2.38. The van der Waals surface area contributed by atoms with Gasteiger partial charge >= 0.3 is 0 Å². The Hall–Kier alpha value is -1.02. The summed E-state index contributed by atoms with van der Waals surface area (Å²) in [6.45, 7) is 4.29. The number of ether oxygens (including phenoxy) is 1. The highest BCUT2D eigenvalue weighted by atomic mass is 16.5. The quantitative estimate of drug-likeness (QED) is 0.873. The molecule has 0 heterocycles. The summed E-state index contributed by atoms with van der Waals surface area (Å²) in [4.78, 5) is 0. The van der Waals surface area contributed by atoms with Crippen molar-refractivity contribution in [2.75, 3.05) is 13.7 Å². The summed E-state index contributed by atoms with van der Waals surface area (Å²) < 4.78 is 5.30. The Kier molecular flexibility index (Phi) is 3.79. The van der Waals surface area contributed by atoms with Crippen LogP contribution in [-0.2, 0) is 6.54 Å². The van der Waals surface area contributed by atoms with Crippen molar-refractivity contribution in [3.63, 3.8) is 0 Å². The van der Waals surface area contributed by atoms with Crippen molar-refractivity contribution in [2.24, 2.45) is 17.8 Å². The number of aryl methyl sites for hydroxylation is 1. The topological polar surface area (TPSA) is 21.3 Å². The first-order chi connectivity index (χ1) is 9.26. The molecule has 0 radical (unpaired) electrons. The number of hydrogen-bond donors (Lipinski definition) is 1. The van der Waals surface area contributed by atoms with E-state index in [1.54, 1.807) is 7.11 Å². The van der Waals surface area contributed by atoms with E-state index in [9.17, 15) is 0 Å². The van der Waals surface area contributed by atoms with Gasteiger partial charge < -0.3 is 10.1 Å². The maximum Gasteiger partial charge on any atom is 0.121 e. The molecule has 2 aliphatic carbocycles. The SMILES string of the molecule is COc1ccc(CNCC2CC3CCC2C3)cc1C. The molecule has 3 rings (SSSR count). The second-order valence-electron chi connectivity index (χ2n) is 6.37. The number of fused-ring (bicyclic) bond motifs is 2. The van der Waals surface area contributed by atoms with Gasteiger partial charge in [0.1, 0.15) is 5.75 Å². The molecule has 0 amide bonds. The standard InChI is InChI=1S/C17H25NO/c1-12-7-14(4-6-17(12)19-2)10-18-11-16-9-13-3-5-15(16)8-13/h4,6-7,13,15-16,18H,3,5,8-11H2,1-2H3. The van der Waals surface area contributed by atoms with E-state index in [0.29, 0.717) is 0 Å². The van der Waals surface area contributed by atoms with Gasteiger partial charge in [0.15, 0.2) is 0 Å². The predicted octanol–water partition coefficient (Wildman–Crippen LogP) is 3.53. The van der Waals surface area contributed by atoms with Crippen LogP contribution in [0.3, 0.4) is 0 Å². The molecule has 3 unspecified atom stereocenters. The summed E-state index contributed by atoms with van der Waals surface area (Å²) in [6.07, 6.45) is 5.96. The molecule has 0 saturated heterocycles. The molecular weight excluding hydrogens is 234 g/mol. The lowest BCUT2D eigenvalue weighted by Crippen LogP contribution is -2.26. The molecule has 2 bridgehead atoms. The van der Waals surface area contributed by atoms with Gasteiger partial charge in [-0.2, -0.15) is 0 Å². The van der Waals surface area contributed by atoms with Gasteiger partial charge in [-0.15, -0.1) is 0 Å². The van der Waals surface area contributed by atoms with Crippen molar-refractivity contribution >= 4 is 0 Å². The second kappa shape index (κ2) is 5.54. The van der Waals surface area contributed by atoms with Gasteiger partial charge in [0.05, 0.1) is 7.11 Å². The Morgan fingerprint density at radius 3 is 2.79 bits per heavy atom. The van der Waals surface area contributed by atoms with Gasteiger partial charge in [-0.1, -0.05) is 18.6 Å². The summed E-state index contributed by atoms with van der Waals surface area (Å²) in [5.41, 5.74) is 2.59. The van der Waals surface area contributed by atoms with Crippen molar-refractivity contribution in [1.82, 2.24) is 5.32 Å². The van der Waals surface area contributed by atoms with E-state index >= 15 is 0 Å². The van der Waals surface area contributed by atoms with E-state index in [1.807, 2.05) is 0 Å². The fourth-order valence-corrected chi connectivity index (χ4v) is 4.08. The van der Waals surface area contributed by atoms with E-state index in [-0.39, 0.29) is 0 Å². The summed E-state index contributed by atoms with van der Waals surface area (Å²) in [5, 5.41) is 3.65. The third kappa shape index (κ3) is 2.79. The van der Waals surface area contributed by atoms with E-state index in [1.165, 1.54) is 43.4 Å². The van der Waals surface area contributed by atoms with Crippen LogP contribution in [0.2, 0.25) is 0 Å². The fraction of sp³-hybridized carbons (Fsp3) is 0.647. The molecule has 0 spiro atoms. The van der Waals surface area contributed by atoms with Crippen LogP contribution < -0.4 is 10.1 Å². The minimum Gasteiger partial charge on any atom is -0.496 e. The van der Waals surface area contributed by atoms with Crippen molar-refractivity contribution in [3.8, 4) is 5.75 Å². The number of rotatable bonds is 5. The Balaban J connectivity index is 1.48. The predicted molar refractivity (Wildman–Crippen MR) is 78.4 cm³/mol. The zero-order chi connectivity index (χ0) is 13.2. The average molecular weight is 259 g/mol. The van der Waals surface area contributed by atoms with Crippen molar-refractivity contribution < 1.29 is 4.74 Å². The number of methoxy groups -OCH3 is 1. The molecule has 2 fully saturated rings. The molecular formula is C17H25NO. The summed E-state index contributed by atoms with van der Waals surface area (Å²) in [6, 6.07) is 6.47. The maximum atomic E-state index is 5.30. The highest BCUT2D eigenvalue weighted by molar-refractivity contribution is 5.36. The van der Waals surface area contributed by atoms with Crippen molar-refractivity contribution in [3.05, 3.63) is 29.3 Å². The largest absolute Gasteiger partial charge is 0.496 e. The van der Waals surface area contributed by atoms with Crippen molar-refractivity contribution in [1.29, 1.82) is 0 Å². The minimum atomic E-state index is 0.943. The third-order valence-corrected chi connectivity index (χ3v) is 5.08. The van der Waals surface area contributed by atoms with Crippen LogP contribution in [0.25, 0.3) is 0 Å². The first kappa shape index (κ1) is 13.0. The molecule has 104 valence electrons. The Morgan fingerprint density at radius 2 is 2.16 bits per heavy atom. The average Bonchev–Trinajstić information content (AvgIpc) is 3.01. The number of benzene rings is 1. The Labute approximate surface area is 116 Å². The first-order valence-electron chi connectivity index (χ1n) is 7.60. The van der Waals surface area contributed by atoms with E-state index < -0.39 is 0 Å². The van der Waals surface area contributed by atoms with Crippen LogP contribution in [0.5, 0.6) is 5.75 Å². The van der Waals surface area contributed by atoms with Gasteiger partial charge in [-0.25, -0.2) is 0 Å². The van der Waals surface area contributed by atoms with Crippen LogP contribution in [0.4, 0.5) is 0 Å². The molecule has 2 nitrogen and oxygen atoms in total. The van der Waals surface area contributed by atoms with Crippen molar-refractivity contribution in [2.45, 2.75) is 39.2 Å². The molecule has 0 aliphatic heterocycles. The zero-order valence-corrected chi connectivity index (χ0v) is 12.1. The normalized spacial score (nSPS) is 28.8. The van der Waals surface area contributed by atoms with Gasteiger partial charge in [0.25, 0.3) is 0 Å². The molecule has 1 aromatic carbocycles. The molecule has 19 heavy (non-hydrogen) atoms. The maximum absolute atomic E-state index is 5.30. The number of hydrogen-bond acceptors (Lipinski definition) is 2. The summed E-state index contributed by atoms with van der Waals surface area (Å²) in [5.74, 6) is 4.00. The highest BCUT2D eigenvalue weighted by Crippen LogP contribution is 2.47. The molecule has 1 N–H and O–H groups in total. The van der Waals surface area contributed by atoms with Crippen LogP contribution in [0.15, 0.2) is 18.2 Å². The lowest BCUT2D eigenvalue weighted by atomic mass is 9.89. The van der Waals surface area contributed by atoms with Crippen LogP contribution in [0, 0.1) is 24.7 Å². The smallest absolute Gasteiger partial charge is 0.121 e. The Bertz CT molecular complexity index is 443. The zero-order valence-electron chi connectivity index (χ0n) is 12.1. The minimum absolute atomic E-state index is 0.943. The monoisotopic (exact) mass is 259 g/mol. The molecule has 2 heteroatoms. The van der Waals surface area contributed by atoms with E-state index in [0.717, 1.165) is 30.0 Å². The van der Waals surface area contributed by atoms with Gasteiger partial charge in [-0.3, -0.25) is 0 Å². The molecule has 2 saturated carbocycles. The lowest BCUT2D eigenvalue weighted by Gasteiger charge is -2.22. The summed E-state index contributed by atoms with van der Waals surface area (Å²) in [7, 11) is 1.73. The summed E-state index contributed by atoms with van der Waals surface area (Å²) >= 11 is 0. The van der Waals surface area contributed by atoms with Gasteiger partial charge in [-0.05, 0) is 67.7 Å². The molecule has 3 atom stereocenters. The van der Waals surface area contributed by atoms with Crippen LogP contribution >= 0.6 is 0 Å². The third-order valence-electron chi connectivity index (χ3n) is 5.08. The lowest BCUT2D eigenvalue weighted by molar-refractivity contribution is 0.318. The van der Waals surface area contributed by atoms with E-state index in [4.69, 9.17) is 4.74 Å². The van der Waals surface area contributed by atoms with Crippen LogP contribution in [-0.4, -0.2) is 13.7 Å². The fourth-order valence-electron chi connectivity index (χ4n) is 4.08. The Morgan fingerprint density at radius 1 is 1.26 bits per heavy atom. The molecule has 2 aliphatic rings. The van der Waals surface area contributed by atoms with Crippen LogP contribution in [0.1, 0.15) is 36.8 Å². The number of nitrogens with one attached hydrogen (secondary N) is 1.